The third kappa shape index (κ3) is 3.62. The number of piperazine rings is 1. The third-order valence-corrected chi connectivity index (χ3v) is 5.00. The Morgan fingerprint density at radius 3 is 2.61 bits per heavy atom. The molecular formula is C18H20N2O2S. The summed E-state index contributed by atoms with van der Waals surface area (Å²) in [7, 11) is 0. The topological polar surface area (TPSA) is 40.6 Å². The lowest BCUT2D eigenvalue weighted by Gasteiger charge is -2.41. The van der Waals surface area contributed by atoms with Crippen LogP contribution in [0.2, 0.25) is 0 Å². The molecule has 1 aliphatic heterocycles. The van der Waals surface area contributed by atoms with Gasteiger partial charge in [-0.2, -0.15) is 11.3 Å². The maximum Gasteiger partial charge on any atom is 0.227 e. The molecule has 4 nitrogen and oxygen atoms in total. The minimum atomic E-state index is -0.0695. The van der Waals surface area contributed by atoms with Crippen LogP contribution in [0.5, 0.6) is 0 Å². The van der Waals surface area contributed by atoms with Crippen molar-refractivity contribution in [3.8, 4) is 0 Å². The van der Waals surface area contributed by atoms with Crippen LogP contribution in [0.4, 0.5) is 0 Å². The molecule has 1 saturated heterocycles. The Morgan fingerprint density at radius 2 is 1.96 bits per heavy atom. The lowest BCUT2D eigenvalue weighted by molar-refractivity contribution is -0.141. The average molecular weight is 328 g/mol. The Balaban J connectivity index is 1.81. The van der Waals surface area contributed by atoms with E-state index in [4.69, 9.17) is 0 Å². The number of thiophene rings is 1. The van der Waals surface area contributed by atoms with Gasteiger partial charge in [-0.25, -0.2) is 0 Å². The van der Waals surface area contributed by atoms with Gasteiger partial charge < -0.3 is 9.80 Å². The molecule has 3 rings (SSSR count). The number of carbonyl (C=O) groups is 2. The quantitative estimate of drug-likeness (QED) is 0.869. The summed E-state index contributed by atoms with van der Waals surface area (Å²) in [4.78, 5) is 28.2. The van der Waals surface area contributed by atoms with Crippen LogP contribution in [0, 0.1) is 0 Å². The summed E-state index contributed by atoms with van der Waals surface area (Å²) in [5.74, 6) is 0.191. The van der Waals surface area contributed by atoms with E-state index in [1.165, 1.54) is 0 Å². The molecule has 1 aromatic heterocycles. The number of nitrogens with zero attached hydrogens (tertiary/aromatic N) is 2. The number of rotatable bonds is 3. The van der Waals surface area contributed by atoms with Crippen molar-refractivity contribution < 1.29 is 9.59 Å². The molecule has 0 saturated carbocycles. The van der Waals surface area contributed by atoms with Crippen molar-refractivity contribution in [2.45, 2.75) is 19.4 Å². The molecule has 120 valence electrons. The van der Waals surface area contributed by atoms with Crippen LogP contribution in [0.3, 0.4) is 0 Å². The highest BCUT2D eigenvalue weighted by Gasteiger charge is 2.32. The van der Waals surface area contributed by atoms with Crippen molar-refractivity contribution in [2.75, 3.05) is 19.6 Å². The molecule has 0 spiro atoms. The first-order chi connectivity index (χ1) is 11.1. The van der Waals surface area contributed by atoms with Crippen molar-refractivity contribution >= 4 is 23.2 Å². The fourth-order valence-electron chi connectivity index (χ4n) is 3.00. The van der Waals surface area contributed by atoms with Gasteiger partial charge in [-0.15, -0.1) is 0 Å². The van der Waals surface area contributed by atoms with Crippen molar-refractivity contribution in [1.29, 1.82) is 0 Å². The lowest BCUT2D eigenvalue weighted by atomic mass is 10.0. The number of benzene rings is 1. The predicted molar refractivity (Wildman–Crippen MR) is 91.2 cm³/mol. The summed E-state index contributed by atoms with van der Waals surface area (Å²) in [5, 5.41) is 4.01. The molecule has 23 heavy (non-hydrogen) atoms. The SMILES string of the molecule is CC(=O)N1CCN(C(=O)Cc2ccsc2)[C@H](c2ccccc2)C1. The smallest absolute Gasteiger partial charge is 0.227 e. The van der Waals surface area contributed by atoms with E-state index in [-0.39, 0.29) is 17.9 Å². The first-order valence-corrected chi connectivity index (χ1v) is 8.70. The van der Waals surface area contributed by atoms with Gasteiger partial charge in [-0.3, -0.25) is 9.59 Å². The fourth-order valence-corrected chi connectivity index (χ4v) is 3.67. The molecule has 2 amide bonds. The summed E-state index contributed by atoms with van der Waals surface area (Å²) in [5.41, 5.74) is 2.14. The second-order valence-corrected chi connectivity index (χ2v) is 6.57. The van der Waals surface area contributed by atoms with Crippen molar-refractivity contribution in [3.05, 3.63) is 58.3 Å². The minimum absolute atomic E-state index is 0.0656. The highest BCUT2D eigenvalue weighted by atomic mass is 32.1. The zero-order chi connectivity index (χ0) is 16.2. The first-order valence-electron chi connectivity index (χ1n) is 7.76. The number of amides is 2. The van der Waals surface area contributed by atoms with Crippen LogP contribution in [0.25, 0.3) is 0 Å². The van der Waals surface area contributed by atoms with Crippen LogP contribution in [-0.4, -0.2) is 41.2 Å². The Bertz CT molecular complexity index is 670. The molecule has 2 aromatic rings. The van der Waals surface area contributed by atoms with E-state index in [0.29, 0.717) is 26.1 Å². The highest BCUT2D eigenvalue weighted by molar-refractivity contribution is 7.08. The van der Waals surface area contributed by atoms with Crippen molar-refractivity contribution in [2.24, 2.45) is 0 Å². The van der Waals surface area contributed by atoms with E-state index in [9.17, 15) is 9.59 Å². The van der Waals surface area contributed by atoms with Crippen LogP contribution in [0.1, 0.15) is 24.1 Å². The van der Waals surface area contributed by atoms with Gasteiger partial charge >= 0.3 is 0 Å². The molecule has 1 aromatic carbocycles. The lowest BCUT2D eigenvalue weighted by Crippen LogP contribution is -2.52. The second-order valence-electron chi connectivity index (χ2n) is 5.79. The van der Waals surface area contributed by atoms with E-state index in [1.807, 2.05) is 57.0 Å². The number of carbonyl (C=O) groups excluding carboxylic acids is 2. The Labute approximate surface area is 140 Å². The zero-order valence-electron chi connectivity index (χ0n) is 13.1. The van der Waals surface area contributed by atoms with Crippen LogP contribution in [-0.2, 0) is 16.0 Å². The van der Waals surface area contributed by atoms with E-state index in [2.05, 4.69) is 0 Å². The zero-order valence-corrected chi connectivity index (χ0v) is 14.0. The Hall–Kier alpha value is -2.14. The molecule has 0 aliphatic carbocycles. The van der Waals surface area contributed by atoms with Gasteiger partial charge in [0.2, 0.25) is 11.8 Å². The standard InChI is InChI=1S/C18H20N2O2S/c1-14(21)19-8-9-20(18(22)11-15-7-10-23-13-15)17(12-19)16-5-3-2-4-6-16/h2-7,10,13,17H,8-9,11-12H2,1H3/t17-/m0/s1. The largest absolute Gasteiger partial charge is 0.339 e. The molecule has 0 radical (unpaired) electrons. The van der Waals surface area contributed by atoms with Gasteiger partial charge in [-0.05, 0) is 28.0 Å². The van der Waals surface area contributed by atoms with Gasteiger partial charge in [0.1, 0.15) is 0 Å². The Morgan fingerprint density at radius 1 is 1.17 bits per heavy atom. The maximum absolute atomic E-state index is 12.8. The van der Waals surface area contributed by atoms with Gasteiger partial charge in [0.25, 0.3) is 0 Å². The summed E-state index contributed by atoms with van der Waals surface area (Å²) < 4.78 is 0. The fraction of sp³-hybridized carbons (Fsp3) is 0.333. The average Bonchev–Trinajstić information content (AvgIpc) is 3.08. The minimum Gasteiger partial charge on any atom is -0.339 e. The predicted octanol–water partition coefficient (Wildman–Crippen LogP) is 2.72. The Kier molecular flexibility index (Phi) is 4.76. The summed E-state index contributed by atoms with van der Waals surface area (Å²) >= 11 is 1.61. The normalized spacial score (nSPS) is 18.0. The highest BCUT2D eigenvalue weighted by Crippen LogP contribution is 2.26. The van der Waals surface area contributed by atoms with Crippen LogP contribution in [0.15, 0.2) is 47.2 Å². The molecule has 5 heteroatoms. The van der Waals surface area contributed by atoms with Crippen LogP contribution < -0.4 is 0 Å². The molecule has 0 unspecified atom stereocenters. The molecule has 2 heterocycles. The summed E-state index contributed by atoms with van der Waals surface area (Å²) in [6.07, 6.45) is 0.424. The van der Waals surface area contributed by atoms with Crippen molar-refractivity contribution in [3.63, 3.8) is 0 Å². The van der Waals surface area contributed by atoms with E-state index >= 15 is 0 Å². The van der Waals surface area contributed by atoms with E-state index in [0.717, 1.165) is 11.1 Å². The molecular weight excluding hydrogens is 308 g/mol. The monoisotopic (exact) mass is 328 g/mol. The number of hydrogen-bond donors (Lipinski definition) is 0. The summed E-state index contributed by atoms with van der Waals surface area (Å²) in [6.45, 7) is 3.34. The van der Waals surface area contributed by atoms with Gasteiger partial charge in [-0.1, -0.05) is 30.3 Å². The second kappa shape index (κ2) is 6.96. The molecule has 0 N–H and O–H groups in total. The van der Waals surface area contributed by atoms with Gasteiger partial charge in [0, 0.05) is 26.6 Å². The molecule has 1 aliphatic rings. The number of hydrogen-bond acceptors (Lipinski definition) is 3. The van der Waals surface area contributed by atoms with Crippen LogP contribution >= 0.6 is 11.3 Å². The summed E-state index contributed by atoms with van der Waals surface area (Å²) in [6, 6.07) is 11.9. The molecule has 1 fully saturated rings. The van der Waals surface area contributed by atoms with Crippen molar-refractivity contribution in [1.82, 2.24) is 9.80 Å². The first kappa shape index (κ1) is 15.7. The van der Waals surface area contributed by atoms with E-state index < -0.39 is 0 Å². The van der Waals surface area contributed by atoms with Gasteiger partial charge in [0.15, 0.2) is 0 Å². The maximum atomic E-state index is 12.8. The molecule has 1 atom stereocenters. The van der Waals surface area contributed by atoms with Gasteiger partial charge in [0.05, 0.1) is 12.5 Å². The third-order valence-electron chi connectivity index (χ3n) is 4.27. The van der Waals surface area contributed by atoms with E-state index in [1.54, 1.807) is 18.3 Å². The molecule has 0 bridgehead atoms.